The largest absolute Gasteiger partial charge is 0.504 e. The number of nitrogens with zero attached hydrogens (tertiary/aromatic N) is 2. The first-order valence-corrected chi connectivity index (χ1v) is 15.6. The molecule has 6 atom stereocenters. The third kappa shape index (κ3) is 4.57. The molecular formula is C33H41N4O6+. The van der Waals surface area contributed by atoms with Gasteiger partial charge in [-0.05, 0) is 61.7 Å². The SMILES string of the molecule is CN(CCNC(=O)[C@@H]1CCCN1)C(=O)Oc1ccc(C[N@@+]2(C)CC[C@]34c5c6ccc(O)c5O[C@H]3C(=O)CC[C@H]4[C@H]2C6)cc1. The molecule has 10 heteroatoms. The molecule has 3 heterocycles. The predicted octanol–water partition coefficient (Wildman–Crippen LogP) is 2.64. The number of likely N-dealkylation sites (tertiary alicyclic amines) is 1. The van der Waals surface area contributed by atoms with Gasteiger partial charge in [0.15, 0.2) is 23.4 Å². The van der Waals surface area contributed by atoms with Crippen molar-refractivity contribution in [2.24, 2.45) is 5.92 Å². The number of ketones is 1. The third-order valence-corrected chi connectivity index (χ3v) is 10.9. The molecule has 0 aromatic heterocycles. The number of aromatic hydroxyl groups is 1. The van der Waals surface area contributed by atoms with Gasteiger partial charge in [-0.25, -0.2) is 4.79 Å². The number of nitrogens with one attached hydrogen (secondary N) is 2. The Kier molecular flexibility index (Phi) is 6.89. The Morgan fingerprint density at radius 1 is 1.21 bits per heavy atom. The number of phenols is 1. The van der Waals surface area contributed by atoms with E-state index < -0.39 is 12.2 Å². The monoisotopic (exact) mass is 589 g/mol. The molecule has 3 aliphatic heterocycles. The Bertz CT molecular complexity index is 1460. The maximum absolute atomic E-state index is 13.1. The van der Waals surface area contributed by atoms with E-state index in [9.17, 15) is 19.5 Å². The molecule has 7 rings (SSSR count). The van der Waals surface area contributed by atoms with Crippen molar-refractivity contribution in [3.8, 4) is 17.2 Å². The number of hydrogen-bond acceptors (Lipinski definition) is 7. The van der Waals surface area contributed by atoms with Crippen LogP contribution in [0.25, 0.3) is 0 Å². The van der Waals surface area contributed by atoms with E-state index in [1.165, 1.54) is 10.5 Å². The fourth-order valence-electron chi connectivity index (χ4n) is 8.72. The van der Waals surface area contributed by atoms with Gasteiger partial charge in [-0.2, -0.15) is 0 Å². The lowest BCUT2D eigenvalue weighted by Crippen LogP contribution is -2.71. The van der Waals surface area contributed by atoms with Crippen LogP contribution in [0.4, 0.5) is 4.79 Å². The highest BCUT2D eigenvalue weighted by Crippen LogP contribution is 2.64. The summed E-state index contributed by atoms with van der Waals surface area (Å²) >= 11 is 0. The first-order valence-electron chi connectivity index (χ1n) is 15.6. The zero-order chi connectivity index (χ0) is 29.9. The topological polar surface area (TPSA) is 117 Å². The van der Waals surface area contributed by atoms with Gasteiger partial charge >= 0.3 is 6.09 Å². The van der Waals surface area contributed by atoms with Crippen molar-refractivity contribution in [2.75, 3.05) is 40.3 Å². The summed E-state index contributed by atoms with van der Waals surface area (Å²) in [5.41, 5.74) is 3.14. The Balaban J connectivity index is 1.00. The molecule has 43 heavy (non-hydrogen) atoms. The van der Waals surface area contributed by atoms with Crippen molar-refractivity contribution in [1.82, 2.24) is 15.5 Å². The normalized spacial score (nSPS) is 31.6. The van der Waals surface area contributed by atoms with Gasteiger partial charge in [0.1, 0.15) is 12.3 Å². The van der Waals surface area contributed by atoms with Crippen LogP contribution < -0.4 is 20.1 Å². The quantitative estimate of drug-likeness (QED) is 0.425. The van der Waals surface area contributed by atoms with E-state index in [2.05, 4.69) is 17.7 Å². The fourth-order valence-corrected chi connectivity index (χ4v) is 8.72. The fraction of sp³-hybridized carbons (Fsp3) is 0.545. The van der Waals surface area contributed by atoms with Gasteiger partial charge in [-0.15, -0.1) is 0 Å². The van der Waals surface area contributed by atoms with E-state index in [1.54, 1.807) is 13.1 Å². The predicted molar refractivity (Wildman–Crippen MR) is 158 cm³/mol. The molecule has 2 bridgehead atoms. The van der Waals surface area contributed by atoms with E-state index in [0.29, 0.717) is 43.0 Å². The molecule has 3 N–H and O–H groups in total. The van der Waals surface area contributed by atoms with Crippen LogP contribution in [-0.2, 0) is 28.0 Å². The van der Waals surface area contributed by atoms with Gasteiger partial charge in [0, 0.05) is 56.4 Å². The molecule has 1 saturated carbocycles. The van der Waals surface area contributed by atoms with Crippen LogP contribution in [-0.4, -0.2) is 90.7 Å². The molecule has 0 radical (unpaired) electrons. The molecule has 2 amide bonds. The number of piperidine rings is 1. The summed E-state index contributed by atoms with van der Waals surface area (Å²) in [6, 6.07) is 11.7. The molecule has 2 aliphatic carbocycles. The number of carbonyl (C=O) groups is 3. The van der Waals surface area contributed by atoms with Gasteiger partial charge in [0.2, 0.25) is 5.91 Å². The third-order valence-electron chi connectivity index (χ3n) is 10.9. The van der Waals surface area contributed by atoms with E-state index >= 15 is 0 Å². The Morgan fingerprint density at radius 2 is 2.02 bits per heavy atom. The molecule has 0 unspecified atom stereocenters. The number of phenolic OH excluding ortho intramolecular Hbond substituents is 1. The zero-order valence-corrected chi connectivity index (χ0v) is 24.9. The lowest BCUT2D eigenvalue weighted by molar-refractivity contribution is -0.957. The number of hydrogen-bond donors (Lipinski definition) is 3. The standard InChI is InChI=1S/C33H40N4O6/c1-36(16-15-35-31(40)24-4-3-14-34-24)32(41)42-22-8-5-20(6-9-22)19-37(2)17-13-33-23-10-12-27(39)30(33)43-29-26(38)11-7-21(28(29)33)18-25(23)37/h5-9,11,23-25,30,34H,3-4,10,12-19H2,1-2H3,(H-,35,38,40)/p+1/t23-,24-,25+,30-,33-,37+/m0/s1. The van der Waals surface area contributed by atoms with Crippen molar-refractivity contribution < 1.29 is 33.4 Å². The summed E-state index contributed by atoms with van der Waals surface area (Å²) in [7, 11) is 3.99. The molecular weight excluding hydrogens is 548 g/mol. The summed E-state index contributed by atoms with van der Waals surface area (Å²) in [6.45, 7) is 3.34. The summed E-state index contributed by atoms with van der Waals surface area (Å²) in [4.78, 5) is 39.4. The average Bonchev–Trinajstić information content (AvgIpc) is 3.66. The van der Waals surface area contributed by atoms with Crippen LogP contribution in [0.3, 0.4) is 0 Å². The highest BCUT2D eigenvalue weighted by atomic mass is 16.6. The molecule has 5 aliphatic rings. The van der Waals surface area contributed by atoms with Gasteiger partial charge in [-0.1, -0.05) is 6.07 Å². The summed E-state index contributed by atoms with van der Waals surface area (Å²) in [5, 5.41) is 16.7. The summed E-state index contributed by atoms with van der Waals surface area (Å²) in [5.74, 6) is 1.63. The lowest BCUT2D eigenvalue weighted by Gasteiger charge is -2.60. The average molecular weight is 590 g/mol. The maximum atomic E-state index is 13.1. The van der Waals surface area contributed by atoms with Gasteiger partial charge in [0.05, 0.1) is 31.1 Å². The first-order chi connectivity index (χ1) is 20.7. The molecule has 2 saturated heterocycles. The van der Waals surface area contributed by atoms with Crippen molar-refractivity contribution in [3.05, 3.63) is 53.1 Å². The first kappa shape index (κ1) is 28.2. The second-order valence-corrected chi connectivity index (χ2v) is 13.4. The molecule has 3 fully saturated rings. The van der Waals surface area contributed by atoms with Gasteiger partial charge in [0.25, 0.3) is 0 Å². The van der Waals surface area contributed by atoms with Gasteiger partial charge < -0.3 is 34.6 Å². The number of Topliss-reactive ketones (excluding diaryl/α,β-unsaturated/α-hetero) is 1. The second kappa shape index (κ2) is 10.5. The van der Waals surface area contributed by atoms with Crippen molar-refractivity contribution in [3.63, 3.8) is 0 Å². The number of quaternary nitrogens is 1. The molecule has 228 valence electrons. The number of amides is 2. The van der Waals surface area contributed by atoms with Crippen LogP contribution in [0.5, 0.6) is 17.2 Å². The van der Waals surface area contributed by atoms with Crippen molar-refractivity contribution in [2.45, 2.75) is 68.7 Å². The minimum Gasteiger partial charge on any atom is -0.504 e. The van der Waals surface area contributed by atoms with E-state index in [4.69, 9.17) is 9.47 Å². The summed E-state index contributed by atoms with van der Waals surface area (Å²) in [6.07, 6.45) is 4.02. The zero-order valence-electron chi connectivity index (χ0n) is 24.9. The molecule has 2 aromatic carbocycles. The van der Waals surface area contributed by atoms with Crippen LogP contribution in [0.15, 0.2) is 36.4 Å². The van der Waals surface area contributed by atoms with E-state index in [0.717, 1.165) is 67.3 Å². The smallest absolute Gasteiger partial charge is 0.415 e. The maximum Gasteiger partial charge on any atom is 0.415 e. The van der Waals surface area contributed by atoms with Gasteiger partial charge in [-0.3, -0.25) is 9.59 Å². The number of benzene rings is 2. The molecule has 10 nitrogen and oxygen atoms in total. The van der Waals surface area contributed by atoms with Crippen LogP contribution in [0.2, 0.25) is 0 Å². The van der Waals surface area contributed by atoms with Crippen molar-refractivity contribution >= 4 is 17.8 Å². The van der Waals surface area contributed by atoms with Crippen LogP contribution in [0, 0.1) is 5.92 Å². The number of ether oxygens (including phenoxy) is 2. The number of carbonyl (C=O) groups excluding carboxylic acids is 3. The Labute approximate surface area is 251 Å². The number of rotatable bonds is 7. The second-order valence-electron chi connectivity index (χ2n) is 13.4. The number of likely N-dealkylation sites (N-methyl/N-ethyl adjacent to an activating group) is 2. The lowest BCUT2D eigenvalue weighted by atomic mass is 9.51. The summed E-state index contributed by atoms with van der Waals surface area (Å²) < 4.78 is 12.7. The Morgan fingerprint density at radius 3 is 2.79 bits per heavy atom. The molecule has 2 aromatic rings. The van der Waals surface area contributed by atoms with Crippen molar-refractivity contribution in [1.29, 1.82) is 0 Å². The highest BCUT2D eigenvalue weighted by Gasteiger charge is 2.69. The minimum atomic E-state index is -0.488. The Hall–Kier alpha value is -3.63. The van der Waals surface area contributed by atoms with Crippen LogP contribution in [0.1, 0.15) is 48.8 Å². The molecule has 1 spiro atoms. The van der Waals surface area contributed by atoms with E-state index in [1.807, 2.05) is 30.3 Å². The van der Waals surface area contributed by atoms with E-state index in [-0.39, 0.29) is 28.9 Å². The van der Waals surface area contributed by atoms with Crippen LogP contribution >= 0.6 is 0 Å². The highest BCUT2D eigenvalue weighted by molar-refractivity contribution is 5.89. The minimum absolute atomic E-state index is 0.0232.